The third kappa shape index (κ3) is 8.30. The van der Waals surface area contributed by atoms with Crippen molar-refractivity contribution in [3.05, 3.63) is 43.5 Å². The van der Waals surface area contributed by atoms with Crippen molar-refractivity contribution in [2.45, 2.75) is 63.3 Å². The van der Waals surface area contributed by atoms with E-state index in [4.69, 9.17) is 5.11 Å². The quantitative estimate of drug-likeness (QED) is 0.225. The SMILES string of the molecule is O=C(CO)CCCC=CC[C@@H]1[C@@H](C=CC(O)CCc2cc(Br)sc2Br)[C@H](O)C[C@@H]1O. The maximum Gasteiger partial charge on any atom is 0.158 e. The number of rotatable bonds is 12. The molecule has 2 rings (SSSR count). The summed E-state index contributed by atoms with van der Waals surface area (Å²) in [5.74, 6) is -0.446. The van der Waals surface area contributed by atoms with Gasteiger partial charge in [-0.05, 0) is 81.5 Å². The second kappa shape index (κ2) is 13.3. The number of unbranched alkanes of at least 4 members (excludes halogenated alkanes) is 1. The van der Waals surface area contributed by atoms with Crippen molar-refractivity contribution >= 4 is 49.0 Å². The molecule has 1 heterocycles. The molecule has 0 aliphatic heterocycles. The number of aryl methyl sites for hydroxylation is 1. The van der Waals surface area contributed by atoms with Gasteiger partial charge in [0.1, 0.15) is 6.61 Å². The van der Waals surface area contributed by atoms with Crippen LogP contribution in [0.5, 0.6) is 0 Å². The van der Waals surface area contributed by atoms with Gasteiger partial charge in [-0.1, -0.05) is 24.3 Å². The van der Waals surface area contributed by atoms with Crippen molar-refractivity contribution in [3.8, 4) is 0 Å². The average Bonchev–Trinajstić information content (AvgIpc) is 3.17. The Hall–Kier alpha value is -0.350. The fourth-order valence-corrected chi connectivity index (χ4v) is 6.69. The van der Waals surface area contributed by atoms with Crippen molar-refractivity contribution in [1.29, 1.82) is 0 Å². The fourth-order valence-electron chi connectivity index (χ4n) is 3.77. The second-order valence-corrected chi connectivity index (χ2v) is 11.5. The van der Waals surface area contributed by atoms with Crippen molar-refractivity contribution in [2.75, 3.05) is 6.61 Å². The zero-order valence-corrected chi connectivity index (χ0v) is 20.8. The smallest absolute Gasteiger partial charge is 0.158 e. The van der Waals surface area contributed by atoms with Crippen LogP contribution in [0.2, 0.25) is 0 Å². The van der Waals surface area contributed by atoms with E-state index < -0.39 is 24.9 Å². The predicted octanol–water partition coefficient (Wildman–Crippen LogP) is 4.16. The Bertz CT molecular complexity index is 733. The summed E-state index contributed by atoms with van der Waals surface area (Å²) in [6, 6.07) is 2.05. The molecule has 5 atom stereocenters. The molecule has 1 aromatic rings. The van der Waals surface area contributed by atoms with E-state index >= 15 is 0 Å². The number of carbonyl (C=O) groups excluding carboxylic acids is 1. The molecule has 1 fully saturated rings. The van der Waals surface area contributed by atoms with E-state index in [-0.39, 0.29) is 17.6 Å². The van der Waals surface area contributed by atoms with Gasteiger partial charge in [0.25, 0.3) is 0 Å². The van der Waals surface area contributed by atoms with Crippen LogP contribution < -0.4 is 0 Å². The molecule has 1 aliphatic carbocycles. The highest BCUT2D eigenvalue weighted by atomic mass is 79.9. The molecule has 1 saturated carbocycles. The zero-order valence-electron chi connectivity index (χ0n) is 16.8. The molecule has 0 amide bonds. The van der Waals surface area contributed by atoms with Gasteiger partial charge in [-0.25, -0.2) is 0 Å². The molecule has 0 saturated heterocycles. The van der Waals surface area contributed by atoms with Crippen molar-refractivity contribution in [3.63, 3.8) is 0 Å². The zero-order chi connectivity index (χ0) is 22.1. The fraction of sp³-hybridized carbons (Fsp3) is 0.591. The summed E-state index contributed by atoms with van der Waals surface area (Å²) in [6.07, 6.45) is 9.84. The Balaban J connectivity index is 1.82. The van der Waals surface area contributed by atoms with Crippen LogP contribution in [-0.4, -0.2) is 51.1 Å². The molecular formula is C22H30Br2O5S. The number of thiophene rings is 1. The largest absolute Gasteiger partial charge is 0.393 e. The van der Waals surface area contributed by atoms with Gasteiger partial charge in [-0.15, -0.1) is 11.3 Å². The highest BCUT2D eigenvalue weighted by Gasteiger charge is 2.39. The first-order valence-corrected chi connectivity index (χ1v) is 12.7. The number of Topliss-reactive ketones (excluding diaryl/α,β-unsaturated/α-hetero) is 1. The van der Waals surface area contributed by atoms with Crippen molar-refractivity contribution < 1.29 is 25.2 Å². The first-order chi connectivity index (χ1) is 14.3. The van der Waals surface area contributed by atoms with Gasteiger partial charge in [0.05, 0.1) is 25.9 Å². The van der Waals surface area contributed by atoms with E-state index in [1.807, 2.05) is 24.3 Å². The minimum Gasteiger partial charge on any atom is -0.393 e. The Morgan fingerprint density at radius 3 is 2.70 bits per heavy atom. The molecular weight excluding hydrogens is 536 g/mol. The highest BCUT2D eigenvalue weighted by molar-refractivity contribution is 9.12. The van der Waals surface area contributed by atoms with Gasteiger partial charge in [-0.3, -0.25) is 4.79 Å². The summed E-state index contributed by atoms with van der Waals surface area (Å²) >= 11 is 8.59. The summed E-state index contributed by atoms with van der Waals surface area (Å²) in [6.45, 7) is -0.405. The lowest BCUT2D eigenvalue weighted by atomic mass is 9.89. The number of allylic oxidation sites excluding steroid dienone is 2. The number of aliphatic hydroxyl groups is 4. The van der Waals surface area contributed by atoms with Gasteiger partial charge >= 0.3 is 0 Å². The second-order valence-electron chi connectivity index (χ2n) is 7.75. The summed E-state index contributed by atoms with van der Waals surface area (Å²) in [5, 5.41) is 39.7. The molecule has 1 aromatic heterocycles. The molecule has 1 aliphatic rings. The van der Waals surface area contributed by atoms with E-state index in [0.717, 1.165) is 26.0 Å². The third-order valence-corrected chi connectivity index (χ3v) is 7.95. The Morgan fingerprint density at radius 1 is 1.27 bits per heavy atom. The molecule has 0 bridgehead atoms. The van der Waals surface area contributed by atoms with Crippen LogP contribution in [0, 0.1) is 11.8 Å². The summed E-state index contributed by atoms with van der Waals surface area (Å²) in [5.41, 5.74) is 1.15. The van der Waals surface area contributed by atoms with E-state index in [2.05, 4.69) is 31.9 Å². The molecule has 0 spiro atoms. The van der Waals surface area contributed by atoms with Crippen LogP contribution in [0.1, 0.15) is 44.1 Å². The van der Waals surface area contributed by atoms with Gasteiger partial charge in [-0.2, -0.15) is 0 Å². The molecule has 1 unspecified atom stereocenters. The minimum absolute atomic E-state index is 0.0965. The number of aliphatic hydroxyl groups excluding tert-OH is 4. The van der Waals surface area contributed by atoms with Gasteiger partial charge in [0.15, 0.2) is 5.78 Å². The summed E-state index contributed by atoms with van der Waals surface area (Å²) in [7, 11) is 0. The molecule has 0 radical (unpaired) electrons. The molecule has 5 nitrogen and oxygen atoms in total. The van der Waals surface area contributed by atoms with E-state index in [1.165, 1.54) is 0 Å². The number of hydrogen-bond acceptors (Lipinski definition) is 6. The Labute approximate surface area is 198 Å². The van der Waals surface area contributed by atoms with Crippen molar-refractivity contribution in [2.24, 2.45) is 11.8 Å². The number of hydrogen-bond donors (Lipinski definition) is 4. The van der Waals surface area contributed by atoms with E-state index in [9.17, 15) is 20.1 Å². The Kier molecular flexibility index (Phi) is 11.4. The normalized spacial score (nSPS) is 25.5. The molecule has 4 N–H and O–H groups in total. The summed E-state index contributed by atoms with van der Waals surface area (Å²) in [4.78, 5) is 11.1. The van der Waals surface area contributed by atoms with E-state index in [0.29, 0.717) is 32.1 Å². The Morgan fingerprint density at radius 2 is 2.03 bits per heavy atom. The average molecular weight is 566 g/mol. The first-order valence-electron chi connectivity index (χ1n) is 10.3. The number of halogens is 2. The third-order valence-electron chi connectivity index (χ3n) is 5.49. The molecule has 0 aromatic carbocycles. The van der Waals surface area contributed by atoms with Crippen LogP contribution >= 0.6 is 43.2 Å². The topological polar surface area (TPSA) is 98.0 Å². The van der Waals surface area contributed by atoms with Crippen molar-refractivity contribution in [1.82, 2.24) is 0 Å². The first kappa shape index (κ1) is 25.9. The number of ketones is 1. The molecule has 168 valence electrons. The lowest BCUT2D eigenvalue weighted by molar-refractivity contribution is -0.121. The van der Waals surface area contributed by atoms with Crippen LogP contribution in [0.4, 0.5) is 0 Å². The van der Waals surface area contributed by atoms with Gasteiger partial charge < -0.3 is 20.4 Å². The predicted molar refractivity (Wildman–Crippen MR) is 126 cm³/mol. The maximum atomic E-state index is 11.1. The van der Waals surface area contributed by atoms with Crippen LogP contribution in [0.25, 0.3) is 0 Å². The molecule has 30 heavy (non-hydrogen) atoms. The summed E-state index contributed by atoms with van der Waals surface area (Å²) < 4.78 is 2.11. The van der Waals surface area contributed by atoms with Crippen LogP contribution in [-0.2, 0) is 11.2 Å². The van der Waals surface area contributed by atoms with Crippen LogP contribution in [0.15, 0.2) is 37.9 Å². The monoisotopic (exact) mass is 564 g/mol. The number of carbonyl (C=O) groups is 1. The van der Waals surface area contributed by atoms with Gasteiger partial charge in [0.2, 0.25) is 0 Å². The standard InChI is InChI=1S/C22H30Br2O5S/c23-21-11-14(22(24)30-21)7-8-15(26)9-10-18-17(19(28)12-20(18)29)6-4-2-1-3-5-16(27)13-25/h2,4,9-11,15,17-20,25-26,28-29H,1,3,5-8,12-13H2/t15?,17-,18-,19+,20-/m1/s1. The van der Waals surface area contributed by atoms with Gasteiger partial charge in [0, 0.05) is 18.8 Å². The minimum atomic E-state index is -0.619. The maximum absolute atomic E-state index is 11.1. The highest BCUT2D eigenvalue weighted by Crippen LogP contribution is 2.36. The van der Waals surface area contributed by atoms with Crippen LogP contribution in [0.3, 0.4) is 0 Å². The molecule has 8 heteroatoms. The lowest BCUT2D eigenvalue weighted by Gasteiger charge is -2.19. The van der Waals surface area contributed by atoms with E-state index in [1.54, 1.807) is 17.4 Å². The lowest BCUT2D eigenvalue weighted by Crippen LogP contribution is -2.20.